The van der Waals surface area contributed by atoms with E-state index >= 15 is 0 Å². The molecule has 4 nitrogen and oxygen atoms in total. The fraction of sp³-hybridized carbons (Fsp3) is 0.538. The van der Waals surface area contributed by atoms with Crippen LogP contribution in [0.3, 0.4) is 0 Å². The molecule has 1 N–H and O–H groups in total. The standard InChI is InChI=1S/C13H17N3O/c1-2-13-10(4-6-17-13)9-16-11-3-5-15-12(7-11)8-14/h3,5,7,10,13H,2,4,6,9H2,1H3,(H,15,16). The zero-order chi connectivity index (χ0) is 12.1. The van der Waals surface area contributed by atoms with Crippen LogP contribution in [-0.2, 0) is 4.74 Å². The van der Waals surface area contributed by atoms with Crippen molar-refractivity contribution in [3.63, 3.8) is 0 Å². The van der Waals surface area contributed by atoms with Gasteiger partial charge in [0.05, 0.1) is 6.10 Å². The molecule has 2 unspecified atom stereocenters. The third kappa shape index (κ3) is 2.95. The Bertz CT molecular complexity index is 413. The lowest BCUT2D eigenvalue weighted by Gasteiger charge is -2.17. The molecule has 2 atom stereocenters. The van der Waals surface area contributed by atoms with Gasteiger partial charge in [0, 0.05) is 31.0 Å². The highest BCUT2D eigenvalue weighted by Gasteiger charge is 2.26. The van der Waals surface area contributed by atoms with Crippen molar-refractivity contribution < 1.29 is 4.74 Å². The Morgan fingerprint density at radius 3 is 3.29 bits per heavy atom. The zero-order valence-electron chi connectivity index (χ0n) is 10.0. The molecule has 0 saturated carbocycles. The summed E-state index contributed by atoms with van der Waals surface area (Å²) in [7, 11) is 0. The van der Waals surface area contributed by atoms with Gasteiger partial charge in [0.15, 0.2) is 0 Å². The van der Waals surface area contributed by atoms with Crippen LogP contribution < -0.4 is 5.32 Å². The van der Waals surface area contributed by atoms with Crippen LogP contribution in [-0.4, -0.2) is 24.2 Å². The molecular formula is C13H17N3O. The highest BCUT2D eigenvalue weighted by Crippen LogP contribution is 2.23. The zero-order valence-corrected chi connectivity index (χ0v) is 10.0. The van der Waals surface area contributed by atoms with Gasteiger partial charge in [-0.2, -0.15) is 5.26 Å². The van der Waals surface area contributed by atoms with Gasteiger partial charge < -0.3 is 10.1 Å². The molecule has 4 heteroatoms. The molecule has 0 aromatic carbocycles. The second-order valence-corrected chi connectivity index (χ2v) is 4.29. The number of anilines is 1. The van der Waals surface area contributed by atoms with Crippen LogP contribution in [0, 0.1) is 17.2 Å². The summed E-state index contributed by atoms with van der Waals surface area (Å²) in [5, 5.41) is 12.1. The monoisotopic (exact) mass is 231 g/mol. The molecular weight excluding hydrogens is 214 g/mol. The quantitative estimate of drug-likeness (QED) is 0.862. The number of rotatable bonds is 4. The van der Waals surface area contributed by atoms with Crippen LogP contribution in [0.25, 0.3) is 0 Å². The second-order valence-electron chi connectivity index (χ2n) is 4.29. The van der Waals surface area contributed by atoms with Gasteiger partial charge >= 0.3 is 0 Å². The van der Waals surface area contributed by atoms with Crippen molar-refractivity contribution in [1.82, 2.24) is 4.98 Å². The van der Waals surface area contributed by atoms with Gasteiger partial charge in [0.1, 0.15) is 11.8 Å². The fourth-order valence-electron chi connectivity index (χ4n) is 2.23. The summed E-state index contributed by atoms with van der Waals surface area (Å²) in [6, 6.07) is 5.70. The number of nitriles is 1. The van der Waals surface area contributed by atoms with Gasteiger partial charge in [-0.3, -0.25) is 0 Å². The Morgan fingerprint density at radius 2 is 2.53 bits per heavy atom. The van der Waals surface area contributed by atoms with Gasteiger partial charge in [-0.15, -0.1) is 0 Å². The first-order valence-corrected chi connectivity index (χ1v) is 6.05. The van der Waals surface area contributed by atoms with E-state index in [9.17, 15) is 0 Å². The number of nitrogens with zero attached hydrogens (tertiary/aromatic N) is 2. The van der Waals surface area contributed by atoms with E-state index < -0.39 is 0 Å². The summed E-state index contributed by atoms with van der Waals surface area (Å²) in [5.74, 6) is 0.568. The summed E-state index contributed by atoms with van der Waals surface area (Å²) >= 11 is 0. The van der Waals surface area contributed by atoms with E-state index in [0.717, 1.165) is 31.7 Å². The van der Waals surface area contributed by atoms with E-state index in [1.54, 1.807) is 12.3 Å². The Kier molecular flexibility index (Phi) is 3.94. The lowest BCUT2D eigenvalue weighted by molar-refractivity contribution is 0.0900. The Hall–Kier alpha value is -1.60. The molecule has 1 saturated heterocycles. The largest absolute Gasteiger partial charge is 0.385 e. The highest BCUT2D eigenvalue weighted by atomic mass is 16.5. The van der Waals surface area contributed by atoms with Gasteiger partial charge in [0.25, 0.3) is 0 Å². The lowest BCUT2D eigenvalue weighted by atomic mass is 9.99. The molecule has 1 fully saturated rings. The number of aromatic nitrogens is 1. The third-order valence-electron chi connectivity index (χ3n) is 3.19. The van der Waals surface area contributed by atoms with E-state index in [1.165, 1.54) is 0 Å². The van der Waals surface area contributed by atoms with E-state index in [1.807, 2.05) is 12.1 Å². The molecule has 1 aromatic rings. The number of nitrogens with one attached hydrogen (secondary N) is 1. The normalized spacial score (nSPS) is 23.3. The highest BCUT2D eigenvalue weighted by molar-refractivity contribution is 5.45. The van der Waals surface area contributed by atoms with Crippen molar-refractivity contribution in [1.29, 1.82) is 5.26 Å². The number of ether oxygens (including phenoxy) is 1. The maximum atomic E-state index is 8.76. The maximum Gasteiger partial charge on any atom is 0.142 e. The first-order valence-electron chi connectivity index (χ1n) is 6.05. The van der Waals surface area contributed by atoms with Crippen molar-refractivity contribution in [3.05, 3.63) is 24.0 Å². The number of hydrogen-bond donors (Lipinski definition) is 1. The van der Waals surface area contributed by atoms with Gasteiger partial charge in [-0.1, -0.05) is 6.92 Å². The molecule has 1 aliphatic rings. The van der Waals surface area contributed by atoms with Crippen molar-refractivity contribution >= 4 is 5.69 Å². The van der Waals surface area contributed by atoms with Gasteiger partial charge in [-0.05, 0) is 25.0 Å². The van der Waals surface area contributed by atoms with Crippen molar-refractivity contribution in [2.24, 2.45) is 5.92 Å². The Labute approximate surface area is 102 Å². The lowest BCUT2D eigenvalue weighted by Crippen LogP contribution is -2.22. The van der Waals surface area contributed by atoms with Crippen LogP contribution in [0.15, 0.2) is 18.3 Å². The summed E-state index contributed by atoms with van der Waals surface area (Å²) < 4.78 is 5.64. The third-order valence-corrected chi connectivity index (χ3v) is 3.19. The van der Waals surface area contributed by atoms with Crippen LogP contribution in [0.2, 0.25) is 0 Å². The van der Waals surface area contributed by atoms with E-state index in [0.29, 0.717) is 17.7 Å². The smallest absolute Gasteiger partial charge is 0.142 e. The maximum absolute atomic E-state index is 8.76. The minimum absolute atomic E-state index is 0.375. The number of hydrogen-bond acceptors (Lipinski definition) is 4. The summed E-state index contributed by atoms with van der Waals surface area (Å²) in [6.07, 6.45) is 4.21. The molecule has 0 spiro atoms. The Morgan fingerprint density at radius 1 is 1.65 bits per heavy atom. The minimum atomic E-state index is 0.375. The van der Waals surface area contributed by atoms with E-state index in [2.05, 4.69) is 17.2 Å². The first-order chi connectivity index (χ1) is 8.33. The summed E-state index contributed by atoms with van der Waals surface area (Å²) in [4.78, 5) is 3.94. The van der Waals surface area contributed by atoms with Crippen LogP contribution in [0.5, 0.6) is 0 Å². The van der Waals surface area contributed by atoms with Crippen molar-refractivity contribution in [3.8, 4) is 6.07 Å². The number of pyridine rings is 1. The summed E-state index contributed by atoms with van der Waals surface area (Å²) in [5.41, 5.74) is 1.41. The molecule has 0 aliphatic carbocycles. The SMILES string of the molecule is CCC1OCCC1CNc1ccnc(C#N)c1. The predicted octanol–water partition coefficient (Wildman–Crippen LogP) is 2.18. The molecule has 90 valence electrons. The predicted molar refractivity (Wildman–Crippen MR) is 65.6 cm³/mol. The van der Waals surface area contributed by atoms with Crippen LogP contribution >= 0.6 is 0 Å². The Balaban J connectivity index is 1.91. The second kappa shape index (κ2) is 5.65. The molecule has 2 heterocycles. The molecule has 0 radical (unpaired) electrons. The van der Waals surface area contributed by atoms with E-state index in [4.69, 9.17) is 10.00 Å². The van der Waals surface area contributed by atoms with E-state index in [-0.39, 0.29) is 0 Å². The molecule has 0 amide bonds. The van der Waals surface area contributed by atoms with Gasteiger partial charge in [-0.25, -0.2) is 4.98 Å². The average Bonchev–Trinajstić information content (AvgIpc) is 2.84. The van der Waals surface area contributed by atoms with Crippen LogP contribution in [0.1, 0.15) is 25.5 Å². The molecule has 17 heavy (non-hydrogen) atoms. The van der Waals surface area contributed by atoms with Crippen molar-refractivity contribution in [2.45, 2.75) is 25.9 Å². The molecule has 1 aromatic heterocycles. The molecule has 0 bridgehead atoms. The summed E-state index contributed by atoms with van der Waals surface area (Å²) in [6.45, 7) is 3.92. The van der Waals surface area contributed by atoms with Crippen molar-refractivity contribution in [2.75, 3.05) is 18.5 Å². The molecule has 1 aliphatic heterocycles. The topological polar surface area (TPSA) is 57.9 Å². The fourth-order valence-corrected chi connectivity index (χ4v) is 2.23. The average molecular weight is 231 g/mol. The minimum Gasteiger partial charge on any atom is -0.385 e. The molecule has 2 rings (SSSR count). The van der Waals surface area contributed by atoms with Gasteiger partial charge in [0.2, 0.25) is 0 Å². The first kappa shape index (κ1) is 11.9. The van der Waals surface area contributed by atoms with Crippen LogP contribution in [0.4, 0.5) is 5.69 Å².